The Morgan fingerprint density at radius 2 is 2.14 bits per heavy atom. The Labute approximate surface area is 82.5 Å². The van der Waals surface area contributed by atoms with E-state index in [1.54, 1.807) is 0 Å². The average Bonchev–Trinajstić information content (AvgIpc) is 2.45. The number of aliphatic hydroxyl groups is 1. The maximum absolute atomic E-state index is 11.5. The van der Waals surface area contributed by atoms with E-state index in [1.807, 2.05) is 0 Å². The van der Waals surface area contributed by atoms with Crippen LogP contribution in [0.2, 0.25) is 0 Å². The predicted molar refractivity (Wildman–Crippen MR) is 47.3 cm³/mol. The molecule has 2 heterocycles. The van der Waals surface area contributed by atoms with E-state index in [-0.39, 0.29) is 24.7 Å². The Hall–Kier alpha value is -0.650. The lowest BCUT2D eigenvalue weighted by Crippen LogP contribution is -2.37. The van der Waals surface area contributed by atoms with Gasteiger partial charge in [0.2, 0.25) is 5.91 Å². The summed E-state index contributed by atoms with van der Waals surface area (Å²) in [6.45, 7) is 1.51. The molecule has 1 N–H and O–H groups in total. The van der Waals surface area contributed by atoms with E-state index >= 15 is 0 Å². The van der Waals surface area contributed by atoms with E-state index in [0.717, 1.165) is 12.8 Å². The van der Waals surface area contributed by atoms with Crippen LogP contribution in [0.15, 0.2) is 0 Å². The maximum atomic E-state index is 11.5. The van der Waals surface area contributed by atoms with Gasteiger partial charge in [0, 0.05) is 26.1 Å². The number of hydrogen-bond donors (Lipinski definition) is 1. The molecular formula is C9H15NO4. The van der Waals surface area contributed by atoms with Crippen LogP contribution in [0.25, 0.3) is 0 Å². The third-order valence-corrected chi connectivity index (χ3v) is 2.76. The van der Waals surface area contributed by atoms with Gasteiger partial charge in [-0.15, -0.1) is 0 Å². The standard InChI is InChI=1S/C9H15NO4/c11-4-3-10-8(12)7-9(14-10)1-5-13-6-2-9/h11H,1-7H2. The van der Waals surface area contributed by atoms with Gasteiger partial charge in [0.1, 0.15) is 5.60 Å². The zero-order valence-corrected chi connectivity index (χ0v) is 8.07. The highest BCUT2D eigenvalue weighted by atomic mass is 16.7. The molecule has 0 saturated carbocycles. The molecule has 0 unspecified atom stereocenters. The van der Waals surface area contributed by atoms with Crippen LogP contribution in [0.4, 0.5) is 0 Å². The van der Waals surface area contributed by atoms with Crippen molar-refractivity contribution in [2.24, 2.45) is 0 Å². The SMILES string of the molecule is O=C1CC2(CCOCC2)ON1CCO. The highest BCUT2D eigenvalue weighted by Crippen LogP contribution is 2.35. The Morgan fingerprint density at radius 3 is 2.79 bits per heavy atom. The van der Waals surface area contributed by atoms with Crippen LogP contribution in [0.3, 0.4) is 0 Å². The summed E-state index contributed by atoms with van der Waals surface area (Å²) in [6, 6.07) is 0. The van der Waals surface area contributed by atoms with E-state index < -0.39 is 0 Å². The molecule has 0 radical (unpaired) electrons. The fraction of sp³-hybridized carbons (Fsp3) is 0.889. The normalized spacial score (nSPS) is 26.1. The summed E-state index contributed by atoms with van der Waals surface area (Å²) in [7, 11) is 0. The van der Waals surface area contributed by atoms with Crippen molar-refractivity contribution in [3.8, 4) is 0 Å². The first-order chi connectivity index (χ1) is 6.76. The van der Waals surface area contributed by atoms with Crippen LogP contribution in [0.5, 0.6) is 0 Å². The number of rotatable bonds is 2. The van der Waals surface area contributed by atoms with Crippen molar-refractivity contribution in [1.82, 2.24) is 5.06 Å². The number of β-amino-alcohol motifs (C(OH)–C–C–N with tert-alkyl or cyclic N) is 1. The number of hydroxylamine groups is 2. The summed E-state index contributed by atoms with van der Waals surface area (Å²) in [5, 5.41) is 10.0. The number of amides is 1. The third-order valence-electron chi connectivity index (χ3n) is 2.76. The second kappa shape index (κ2) is 3.84. The lowest BCUT2D eigenvalue weighted by atomic mass is 9.91. The smallest absolute Gasteiger partial charge is 0.249 e. The summed E-state index contributed by atoms with van der Waals surface area (Å²) in [4.78, 5) is 17.1. The van der Waals surface area contributed by atoms with Crippen LogP contribution < -0.4 is 0 Å². The van der Waals surface area contributed by atoms with Gasteiger partial charge in [-0.1, -0.05) is 0 Å². The Balaban J connectivity index is 1.99. The number of carbonyl (C=O) groups is 1. The van der Waals surface area contributed by atoms with E-state index in [9.17, 15) is 4.79 Å². The number of aliphatic hydroxyl groups excluding tert-OH is 1. The van der Waals surface area contributed by atoms with Crippen LogP contribution in [0, 0.1) is 0 Å². The minimum Gasteiger partial charge on any atom is -0.394 e. The quantitative estimate of drug-likeness (QED) is 0.666. The summed E-state index contributed by atoms with van der Waals surface area (Å²) < 4.78 is 5.23. The van der Waals surface area contributed by atoms with Crippen LogP contribution >= 0.6 is 0 Å². The lowest BCUT2D eigenvalue weighted by molar-refractivity contribution is -0.219. The van der Waals surface area contributed by atoms with Crippen molar-refractivity contribution in [2.75, 3.05) is 26.4 Å². The monoisotopic (exact) mass is 201 g/mol. The molecular weight excluding hydrogens is 186 g/mol. The number of carbonyl (C=O) groups excluding carboxylic acids is 1. The van der Waals surface area contributed by atoms with Crippen molar-refractivity contribution in [3.63, 3.8) is 0 Å². The molecule has 0 aliphatic carbocycles. The topological polar surface area (TPSA) is 59.0 Å². The molecule has 0 aromatic carbocycles. The first kappa shape index (κ1) is 9.89. The van der Waals surface area contributed by atoms with Crippen LogP contribution in [-0.2, 0) is 14.4 Å². The Kier molecular flexibility index (Phi) is 2.71. The van der Waals surface area contributed by atoms with Crippen LogP contribution in [0.1, 0.15) is 19.3 Å². The number of nitrogens with zero attached hydrogens (tertiary/aromatic N) is 1. The van der Waals surface area contributed by atoms with Crippen LogP contribution in [-0.4, -0.2) is 48.0 Å². The second-order valence-corrected chi connectivity index (χ2v) is 3.78. The van der Waals surface area contributed by atoms with Gasteiger partial charge >= 0.3 is 0 Å². The van der Waals surface area contributed by atoms with Crippen molar-refractivity contribution in [2.45, 2.75) is 24.9 Å². The molecule has 2 aliphatic rings. The van der Waals surface area contributed by atoms with E-state index in [2.05, 4.69) is 0 Å². The van der Waals surface area contributed by atoms with Gasteiger partial charge in [-0.25, -0.2) is 5.06 Å². The zero-order valence-electron chi connectivity index (χ0n) is 8.07. The molecule has 1 amide bonds. The van der Waals surface area contributed by atoms with Crippen molar-refractivity contribution >= 4 is 5.91 Å². The highest BCUT2D eigenvalue weighted by molar-refractivity contribution is 5.78. The fourth-order valence-corrected chi connectivity index (χ4v) is 1.95. The molecule has 1 spiro atoms. The largest absolute Gasteiger partial charge is 0.394 e. The summed E-state index contributed by atoms with van der Waals surface area (Å²) in [5.41, 5.74) is -0.343. The molecule has 0 aromatic rings. The Bertz CT molecular complexity index is 225. The Morgan fingerprint density at radius 1 is 1.43 bits per heavy atom. The molecule has 5 heteroatoms. The van der Waals surface area contributed by atoms with Gasteiger partial charge in [0.05, 0.1) is 19.6 Å². The molecule has 2 fully saturated rings. The zero-order chi connectivity index (χ0) is 10.0. The summed E-state index contributed by atoms with van der Waals surface area (Å²) in [6.07, 6.45) is 1.96. The molecule has 0 bridgehead atoms. The van der Waals surface area contributed by atoms with Gasteiger partial charge in [0.25, 0.3) is 0 Å². The van der Waals surface area contributed by atoms with Gasteiger partial charge < -0.3 is 9.84 Å². The minimum atomic E-state index is -0.343. The van der Waals surface area contributed by atoms with Crippen molar-refractivity contribution in [1.29, 1.82) is 0 Å². The maximum Gasteiger partial charge on any atom is 0.249 e. The summed E-state index contributed by atoms with van der Waals surface area (Å²) in [5.74, 6) is -0.0269. The van der Waals surface area contributed by atoms with Gasteiger partial charge in [-0.2, -0.15) is 0 Å². The van der Waals surface area contributed by atoms with Crippen molar-refractivity contribution < 1.29 is 19.5 Å². The first-order valence-electron chi connectivity index (χ1n) is 4.94. The van der Waals surface area contributed by atoms with E-state index in [1.165, 1.54) is 5.06 Å². The fourth-order valence-electron chi connectivity index (χ4n) is 1.95. The van der Waals surface area contributed by atoms with Gasteiger partial charge in [-0.05, 0) is 0 Å². The molecule has 14 heavy (non-hydrogen) atoms. The molecule has 5 nitrogen and oxygen atoms in total. The molecule has 2 rings (SSSR count). The predicted octanol–water partition coefficient (Wildman–Crippen LogP) is -0.308. The average molecular weight is 201 g/mol. The van der Waals surface area contributed by atoms with E-state index in [4.69, 9.17) is 14.7 Å². The molecule has 2 aliphatic heterocycles. The molecule has 80 valence electrons. The minimum absolute atomic E-state index is 0.0269. The third kappa shape index (κ3) is 1.75. The molecule has 2 saturated heterocycles. The summed E-state index contributed by atoms with van der Waals surface area (Å²) >= 11 is 0. The lowest BCUT2D eigenvalue weighted by Gasteiger charge is -2.31. The molecule has 0 aromatic heterocycles. The number of ether oxygens (including phenoxy) is 1. The number of hydrogen-bond acceptors (Lipinski definition) is 4. The second-order valence-electron chi connectivity index (χ2n) is 3.78. The highest BCUT2D eigenvalue weighted by Gasteiger charge is 2.45. The van der Waals surface area contributed by atoms with Crippen molar-refractivity contribution in [3.05, 3.63) is 0 Å². The first-order valence-corrected chi connectivity index (χ1v) is 4.94. The van der Waals surface area contributed by atoms with E-state index in [0.29, 0.717) is 19.6 Å². The van der Waals surface area contributed by atoms with Gasteiger partial charge in [0.15, 0.2) is 0 Å². The molecule has 0 atom stereocenters. The van der Waals surface area contributed by atoms with Gasteiger partial charge in [-0.3, -0.25) is 9.63 Å².